The molecule has 0 amide bonds. The molecule has 3 aliphatic rings. The van der Waals surface area contributed by atoms with Gasteiger partial charge in [0.1, 0.15) is 5.54 Å². The molecule has 0 radical (unpaired) electrons. The van der Waals surface area contributed by atoms with Gasteiger partial charge in [-0.15, -0.1) is 0 Å². The first-order chi connectivity index (χ1) is 7.50. The van der Waals surface area contributed by atoms with Crippen LogP contribution in [0.2, 0.25) is 0 Å². The molecule has 2 heterocycles. The number of alkyl halides is 3. The Bertz CT molecular complexity index is 285. The first-order valence-electron chi connectivity index (χ1n) is 6.08. The Balaban J connectivity index is 1.54. The third-order valence-corrected chi connectivity index (χ3v) is 4.43. The smallest absolute Gasteiger partial charge is 0.311 e. The van der Waals surface area contributed by atoms with Gasteiger partial charge in [-0.25, -0.2) is 0 Å². The molecule has 16 heavy (non-hydrogen) atoms. The molecule has 1 aliphatic carbocycles. The van der Waals surface area contributed by atoms with E-state index in [9.17, 15) is 13.2 Å². The van der Waals surface area contributed by atoms with Crippen LogP contribution in [0.3, 0.4) is 0 Å². The fraction of sp³-hybridized carbons (Fsp3) is 1.00. The van der Waals surface area contributed by atoms with Gasteiger partial charge in [-0.3, -0.25) is 0 Å². The van der Waals surface area contributed by atoms with E-state index in [-0.39, 0.29) is 12.8 Å². The highest BCUT2D eigenvalue weighted by Crippen LogP contribution is 2.49. The molecule has 3 rings (SSSR count). The van der Waals surface area contributed by atoms with Crippen LogP contribution in [0.25, 0.3) is 0 Å². The van der Waals surface area contributed by atoms with E-state index >= 15 is 0 Å². The number of nitrogens with one attached hydrogen (secondary N) is 2. The van der Waals surface area contributed by atoms with Crippen molar-refractivity contribution in [3.05, 3.63) is 0 Å². The Labute approximate surface area is 93.0 Å². The predicted molar refractivity (Wildman–Crippen MR) is 54.1 cm³/mol. The van der Waals surface area contributed by atoms with Crippen molar-refractivity contribution in [1.82, 2.24) is 10.6 Å². The van der Waals surface area contributed by atoms with Crippen molar-refractivity contribution in [2.45, 2.75) is 55.9 Å². The van der Waals surface area contributed by atoms with Crippen molar-refractivity contribution < 1.29 is 13.2 Å². The molecular weight excluding hydrogens is 217 g/mol. The van der Waals surface area contributed by atoms with Crippen LogP contribution < -0.4 is 10.6 Å². The molecule has 2 aliphatic heterocycles. The van der Waals surface area contributed by atoms with E-state index in [0.717, 1.165) is 12.8 Å². The lowest BCUT2D eigenvalue weighted by Crippen LogP contribution is -2.47. The molecule has 3 fully saturated rings. The number of rotatable bonds is 3. The molecule has 0 aromatic heterocycles. The molecule has 92 valence electrons. The van der Waals surface area contributed by atoms with Gasteiger partial charge in [0.15, 0.2) is 0 Å². The number of hydrogen-bond acceptors (Lipinski definition) is 2. The highest BCUT2D eigenvalue weighted by Gasteiger charge is 2.63. The van der Waals surface area contributed by atoms with Crippen LogP contribution in [0.15, 0.2) is 0 Å². The average Bonchev–Trinajstić information content (AvgIpc) is 2.74. The van der Waals surface area contributed by atoms with Crippen LogP contribution >= 0.6 is 0 Å². The van der Waals surface area contributed by atoms with Crippen LogP contribution in [-0.2, 0) is 0 Å². The van der Waals surface area contributed by atoms with Crippen molar-refractivity contribution in [2.24, 2.45) is 5.92 Å². The molecule has 2 N–H and O–H groups in total. The zero-order valence-electron chi connectivity index (χ0n) is 9.11. The molecule has 3 unspecified atom stereocenters. The number of fused-ring (bicyclic) bond motifs is 2. The molecule has 0 aromatic carbocycles. The standard InChI is InChI=1S/C11H17F3N2/c12-11(13,14)10(3-4-10)15-6-7-5-8-1-2-9(7)16-8/h7-9,15-16H,1-6H2. The first kappa shape index (κ1) is 10.8. The Morgan fingerprint density at radius 3 is 2.44 bits per heavy atom. The van der Waals surface area contributed by atoms with Crippen molar-refractivity contribution in [3.63, 3.8) is 0 Å². The molecule has 1 saturated carbocycles. The lowest BCUT2D eigenvalue weighted by molar-refractivity contribution is -0.166. The minimum Gasteiger partial charge on any atom is -0.311 e. The normalized spacial score (nSPS) is 40.3. The lowest BCUT2D eigenvalue weighted by atomic mass is 9.89. The predicted octanol–water partition coefficient (Wildman–Crippen LogP) is 1.81. The van der Waals surface area contributed by atoms with E-state index in [1.807, 2.05) is 0 Å². The van der Waals surface area contributed by atoms with Gasteiger partial charge in [-0.2, -0.15) is 13.2 Å². The molecule has 3 atom stereocenters. The SMILES string of the molecule is FC(F)(F)C1(NCC2CC3CCC2N3)CC1. The van der Waals surface area contributed by atoms with E-state index in [1.165, 1.54) is 6.42 Å². The average molecular weight is 234 g/mol. The van der Waals surface area contributed by atoms with E-state index in [4.69, 9.17) is 0 Å². The maximum absolute atomic E-state index is 12.7. The number of halogens is 3. The molecule has 5 heteroatoms. The summed E-state index contributed by atoms with van der Waals surface area (Å²) in [6, 6.07) is 1.03. The largest absolute Gasteiger partial charge is 0.406 e. The summed E-state index contributed by atoms with van der Waals surface area (Å²) in [7, 11) is 0. The highest BCUT2D eigenvalue weighted by atomic mass is 19.4. The van der Waals surface area contributed by atoms with Gasteiger partial charge in [0.25, 0.3) is 0 Å². The fourth-order valence-electron chi connectivity index (χ4n) is 3.18. The van der Waals surface area contributed by atoms with Gasteiger partial charge in [0.2, 0.25) is 0 Å². The Morgan fingerprint density at radius 1 is 1.25 bits per heavy atom. The third-order valence-electron chi connectivity index (χ3n) is 4.43. The minimum atomic E-state index is -4.07. The molecular formula is C11H17F3N2. The van der Waals surface area contributed by atoms with E-state index < -0.39 is 11.7 Å². The van der Waals surface area contributed by atoms with Gasteiger partial charge in [0, 0.05) is 18.6 Å². The topological polar surface area (TPSA) is 24.1 Å². The van der Waals surface area contributed by atoms with Crippen molar-refractivity contribution >= 4 is 0 Å². The summed E-state index contributed by atoms with van der Waals surface area (Å²) in [6.45, 7) is 0.522. The molecule has 2 nitrogen and oxygen atoms in total. The van der Waals surface area contributed by atoms with Gasteiger partial charge in [0.05, 0.1) is 0 Å². The minimum absolute atomic E-state index is 0.255. The summed E-state index contributed by atoms with van der Waals surface area (Å²) in [5.41, 5.74) is -1.53. The second-order valence-electron chi connectivity index (χ2n) is 5.50. The second kappa shape index (κ2) is 3.35. The van der Waals surface area contributed by atoms with E-state index in [2.05, 4.69) is 10.6 Å². The summed E-state index contributed by atoms with van der Waals surface area (Å²) >= 11 is 0. The van der Waals surface area contributed by atoms with E-state index in [0.29, 0.717) is 24.5 Å². The van der Waals surface area contributed by atoms with Crippen molar-refractivity contribution in [2.75, 3.05) is 6.54 Å². The van der Waals surface area contributed by atoms with Gasteiger partial charge >= 0.3 is 6.18 Å². The summed E-state index contributed by atoms with van der Waals surface area (Å²) < 4.78 is 38.0. The Hall–Kier alpha value is -0.290. The lowest BCUT2D eigenvalue weighted by Gasteiger charge is -2.26. The quantitative estimate of drug-likeness (QED) is 0.778. The van der Waals surface area contributed by atoms with E-state index in [1.54, 1.807) is 0 Å². The number of hydrogen-bond donors (Lipinski definition) is 2. The van der Waals surface area contributed by atoms with Crippen LogP contribution in [0.5, 0.6) is 0 Å². The maximum atomic E-state index is 12.7. The monoisotopic (exact) mass is 234 g/mol. The second-order valence-corrected chi connectivity index (χ2v) is 5.50. The summed E-state index contributed by atoms with van der Waals surface area (Å²) in [4.78, 5) is 0. The third kappa shape index (κ3) is 1.64. The zero-order valence-corrected chi connectivity index (χ0v) is 9.11. The Morgan fingerprint density at radius 2 is 2.00 bits per heavy atom. The Kier molecular flexibility index (Phi) is 2.27. The maximum Gasteiger partial charge on any atom is 0.406 e. The summed E-state index contributed by atoms with van der Waals surface area (Å²) in [6.07, 6.45) is -0.180. The van der Waals surface area contributed by atoms with Crippen LogP contribution in [0, 0.1) is 5.92 Å². The summed E-state index contributed by atoms with van der Waals surface area (Å²) in [5.74, 6) is 0.401. The molecule has 0 spiro atoms. The summed E-state index contributed by atoms with van der Waals surface area (Å²) in [5, 5.41) is 6.22. The fourth-order valence-corrected chi connectivity index (χ4v) is 3.18. The van der Waals surface area contributed by atoms with Crippen LogP contribution in [0.1, 0.15) is 32.1 Å². The zero-order chi connectivity index (χ0) is 11.4. The molecule has 2 bridgehead atoms. The van der Waals surface area contributed by atoms with Gasteiger partial charge in [-0.1, -0.05) is 0 Å². The molecule has 2 saturated heterocycles. The van der Waals surface area contributed by atoms with Crippen molar-refractivity contribution in [3.8, 4) is 0 Å². The van der Waals surface area contributed by atoms with Crippen LogP contribution in [0.4, 0.5) is 13.2 Å². The highest BCUT2D eigenvalue weighted by molar-refractivity contribution is 5.09. The van der Waals surface area contributed by atoms with Crippen molar-refractivity contribution in [1.29, 1.82) is 0 Å². The van der Waals surface area contributed by atoms with Crippen LogP contribution in [-0.4, -0.2) is 30.3 Å². The van der Waals surface area contributed by atoms with Gasteiger partial charge < -0.3 is 10.6 Å². The molecule has 0 aromatic rings. The van der Waals surface area contributed by atoms with Gasteiger partial charge in [-0.05, 0) is 38.0 Å². The first-order valence-corrected chi connectivity index (χ1v) is 6.08.